The number of rotatable bonds is 5. The van der Waals surface area contributed by atoms with Crippen molar-refractivity contribution >= 4 is 11.6 Å². The molecule has 138 valence electrons. The maximum Gasteiger partial charge on any atom is 0.227 e. The molecule has 1 aliphatic heterocycles. The Labute approximate surface area is 155 Å². The molecule has 5 heteroatoms. The second kappa shape index (κ2) is 8.13. The van der Waals surface area contributed by atoms with Gasteiger partial charge in [-0.1, -0.05) is 24.3 Å². The van der Waals surface area contributed by atoms with Gasteiger partial charge in [-0.3, -0.25) is 4.79 Å². The fourth-order valence-electron chi connectivity index (χ4n) is 3.32. The molecule has 0 aromatic heterocycles. The molecule has 0 spiro atoms. The zero-order chi connectivity index (χ0) is 18.5. The molecule has 5 nitrogen and oxygen atoms in total. The number of benzene rings is 2. The van der Waals surface area contributed by atoms with Crippen LogP contribution in [0.25, 0.3) is 0 Å². The lowest BCUT2D eigenvalue weighted by molar-refractivity contribution is -0.130. The fourth-order valence-corrected chi connectivity index (χ4v) is 3.32. The summed E-state index contributed by atoms with van der Waals surface area (Å²) in [6.07, 6.45) is 0.475. The summed E-state index contributed by atoms with van der Waals surface area (Å²) in [7, 11) is 3.28. The highest BCUT2D eigenvalue weighted by atomic mass is 16.5. The Balaban J connectivity index is 1.60. The van der Waals surface area contributed by atoms with Crippen molar-refractivity contribution in [2.75, 3.05) is 45.3 Å². The van der Waals surface area contributed by atoms with E-state index >= 15 is 0 Å². The zero-order valence-corrected chi connectivity index (χ0v) is 15.7. The summed E-state index contributed by atoms with van der Waals surface area (Å²) in [6, 6.07) is 14.0. The summed E-state index contributed by atoms with van der Waals surface area (Å²) >= 11 is 0. The molecule has 0 radical (unpaired) electrons. The molecule has 1 fully saturated rings. The van der Waals surface area contributed by atoms with Gasteiger partial charge < -0.3 is 19.3 Å². The molecular weight excluding hydrogens is 328 g/mol. The lowest BCUT2D eigenvalue weighted by Crippen LogP contribution is -2.49. The van der Waals surface area contributed by atoms with Crippen LogP contribution in [-0.4, -0.2) is 51.2 Å². The Hall–Kier alpha value is -2.69. The number of nitrogens with zero attached hydrogens (tertiary/aromatic N) is 2. The van der Waals surface area contributed by atoms with E-state index in [1.54, 1.807) is 14.2 Å². The first-order chi connectivity index (χ1) is 12.6. The van der Waals surface area contributed by atoms with Gasteiger partial charge in [-0.05, 0) is 30.2 Å². The van der Waals surface area contributed by atoms with E-state index in [2.05, 4.69) is 17.9 Å². The Morgan fingerprint density at radius 1 is 0.962 bits per heavy atom. The van der Waals surface area contributed by atoms with Crippen molar-refractivity contribution in [3.63, 3.8) is 0 Å². The van der Waals surface area contributed by atoms with E-state index in [4.69, 9.17) is 9.47 Å². The monoisotopic (exact) mass is 354 g/mol. The van der Waals surface area contributed by atoms with E-state index in [1.807, 2.05) is 41.3 Å². The average Bonchev–Trinajstić information content (AvgIpc) is 2.69. The van der Waals surface area contributed by atoms with Crippen LogP contribution in [-0.2, 0) is 11.2 Å². The molecule has 2 aromatic carbocycles. The minimum Gasteiger partial charge on any atom is -0.493 e. The SMILES string of the molecule is COc1ccc(N2CCN(C(=O)Cc3ccccc3C)CC2)cc1OC. The molecule has 3 rings (SSSR count). The van der Waals surface area contributed by atoms with Gasteiger partial charge in [0.2, 0.25) is 5.91 Å². The maximum absolute atomic E-state index is 12.6. The molecule has 1 saturated heterocycles. The van der Waals surface area contributed by atoms with E-state index in [1.165, 1.54) is 5.56 Å². The molecule has 0 atom stereocenters. The molecule has 2 aromatic rings. The number of anilines is 1. The topological polar surface area (TPSA) is 42.0 Å². The van der Waals surface area contributed by atoms with Crippen LogP contribution in [0, 0.1) is 6.92 Å². The van der Waals surface area contributed by atoms with Gasteiger partial charge in [-0.15, -0.1) is 0 Å². The number of carbonyl (C=O) groups excluding carboxylic acids is 1. The largest absolute Gasteiger partial charge is 0.493 e. The van der Waals surface area contributed by atoms with E-state index in [0.29, 0.717) is 6.42 Å². The molecule has 0 bridgehead atoms. The lowest BCUT2D eigenvalue weighted by atomic mass is 10.1. The number of hydrogen-bond donors (Lipinski definition) is 0. The van der Waals surface area contributed by atoms with Crippen LogP contribution in [0.5, 0.6) is 11.5 Å². The van der Waals surface area contributed by atoms with Gasteiger partial charge in [0.05, 0.1) is 20.6 Å². The second-order valence-corrected chi connectivity index (χ2v) is 6.51. The van der Waals surface area contributed by atoms with Gasteiger partial charge >= 0.3 is 0 Å². The first-order valence-corrected chi connectivity index (χ1v) is 8.91. The third kappa shape index (κ3) is 3.93. The van der Waals surface area contributed by atoms with E-state index in [-0.39, 0.29) is 5.91 Å². The van der Waals surface area contributed by atoms with Crippen molar-refractivity contribution in [2.45, 2.75) is 13.3 Å². The molecule has 0 N–H and O–H groups in total. The summed E-state index contributed by atoms with van der Waals surface area (Å²) in [5.74, 6) is 1.65. The van der Waals surface area contributed by atoms with Gasteiger partial charge in [0.15, 0.2) is 11.5 Å². The number of aryl methyl sites for hydroxylation is 1. The first kappa shape index (κ1) is 18.1. The quantitative estimate of drug-likeness (QED) is 0.828. The number of methoxy groups -OCH3 is 2. The van der Waals surface area contributed by atoms with Gasteiger partial charge in [0, 0.05) is 37.9 Å². The highest BCUT2D eigenvalue weighted by Crippen LogP contribution is 2.31. The van der Waals surface area contributed by atoms with Crippen LogP contribution in [0.3, 0.4) is 0 Å². The molecule has 0 unspecified atom stereocenters. The van der Waals surface area contributed by atoms with Crippen LogP contribution in [0.1, 0.15) is 11.1 Å². The number of ether oxygens (including phenoxy) is 2. The minimum atomic E-state index is 0.200. The van der Waals surface area contributed by atoms with Crippen molar-refractivity contribution in [1.29, 1.82) is 0 Å². The lowest BCUT2D eigenvalue weighted by Gasteiger charge is -2.36. The van der Waals surface area contributed by atoms with E-state index in [0.717, 1.165) is 48.9 Å². The van der Waals surface area contributed by atoms with Crippen molar-refractivity contribution in [3.05, 3.63) is 53.6 Å². The van der Waals surface area contributed by atoms with Gasteiger partial charge in [0.25, 0.3) is 0 Å². The number of hydrogen-bond acceptors (Lipinski definition) is 4. The third-order valence-electron chi connectivity index (χ3n) is 4.97. The summed E-state index contributed by atoms with van der Waals surface area (Å²) in [5.41, 5.74) is 3.37. The maximum atomic E-state index is 12.6. The smallest absolute Gasteiger partial charge is 0.227 e. The van der Waals surface area contributed by atoms with Crippen LogP contribution in [0.4, 0.5) is 5.69 Å². The van der Waals surface area contributed by atoms with Gasteiger partial charge in [-0.25, -0.2) is 0 Å². The third-order valence-corrected chi connectivity index (χ3v) is 4.97. The Morgan fingerprint density at radius 2 is 1.65 bits per heavy atom. The highest BCUT2D eigenvalue weighted by Gasteiger charge is 2.22. The van der Waals surface area contributed by atoms with Crippen molar-refractivity contribution < 1.29 is 14.3 Å². The van der Waals surface area contributed by atoms with Crippen molar-refractivity contribution in [1.82, 2.24) is 4.90 Å². The first-order valence-electron chi connectivity index (χ1n) is 8.91. The van der Waals surface area contributed by atoms with E-state index < -0.39 is 0 Å². The van der Waals surface area contributed by atoms with Crippen molar-refractivity contribution in [3.8, 4) is 11.5 Å². The summed E-state index contributed by atoms with van der Waals surface area (Å²) in [4.78, 5) is 16.9. The molecule has 1 heterocycles. The van der Waals surface area contributed by atoms with Crippen molar-refractivity contribution in [2.24, 2.45) is 0 Å². The Kier molecular flexibility index (Phi) is 5.66. The number of piperazine rings is 1. The molecule has 0 saturated carbocycles. The standard InChI is InChI=1S/C21H26N2O3/c1-16-6-4-5-7-17(16)14-21(24)23-12-10-22(11-13-23)18-8-9-19(25-2)20(15-18)26-3/h4-9,15H,10-14H2,1-3H3. The van der Waals surface area contributed by atoms with Gasteiger partial charge in [-0.2, -0.15) is 0 Å². The van der Waals surface area contributed by atoms with Gasteiger partial charge in [0.1, 0.15) is 0 Å². The van der Waals surface area contributed by atoms with Crippen LogP contribution in [0.15, 0.2) is 42.5 Å². The molecule has 1 aliphatic rings. The fraction of sp³-hybridized carbons (Fsp3) is 0.381. The number of amides is 1. The Morgan fingerprint density at radius 3 is 2.31 bits per heavy atom. The van der Waals surface area contributed by atoms with Crippen LogP contribution >= 0.6 is 0 Å². The average molecular weight is 354 g/mol. The minimum absolute atomic E-state index is 0.200. The number of carbonyl (C=O) groups is 1. The molecule has 0 aliphatic carbocycles. The summed E-state index contributed by atoms with van der Waals surface area (Å²) < 4.78 is 10.7. The summed E-state index contributed by atoms with van der Waals surface area (Å²) in [6.45, 7) is 5.15. The van der Waals surface area contributed by atoms with Crippen LogP contribution in [0.2, 0.25) is 0 Å². The normalized spacial score (nSPS) is 14.3. The molecule has 1 amide bonds. The summed E-state index contributed by atoms with van der Waals surface area (Å²) in [5, 5.41) is 0. The predicted octanol–water partition coefficient (Wildman–Crippen LogP) is 2.90. The second-order valence-electron chi connectivity index (χ2n) is 6.51. The zero-order valence-electron chi connectivity index (χ0n) is 15.7. The van der Waals surface area contributed by atoms with E-state index in [9.17, 15) is 4.79 Å². The molecule has 26 heavy (non-hydrogen) atoms. The van der Waals surface area contributed by atoms with Crippen LogP contribution < -0.4 is 14.4 Å². The highest BCUT2D eigenvalue weighted by molar-refractivity contribution is 5.79. The Bertz CT molecular complexity index is 768. The molecular formula is C21H26N2O3. The predicted molar refractivity (Wildman–Crippen MR) is 103 cm³/mol.